The van der Waals surface area contributed by atoms with E-state index < -0.39 is 6.10 Å². The summed E-state index contributed by atoms with van der Waals surface area (Å²) in [6.07, 6.45) is -1.04. The van der Waals surface area contributed by atoms with Gasteiger partial charge in [0.05, 0.1) is 6.10 Å². The number of epoxide rings is 1. The molecule has 0 saturated carbocycles. The Kier molecular flexibility index (Phi) is 2.06. The quantitative estimate of drug-likeness (QED) is 0.705. The molecule has 0 bridgehead atoms. The van der Waals surface area contributed by atoms with Crippen molar-refractivity contribution in [3.8, 4) is 0 Å². The highest BCUT2D eigenvalue weighted by Crippen LogP contribution is 2.41. The Hall–Kier alpha value is -0.930. The molecule has 1 fully saturated rings. The topological polar surface area (TPSA) is 32.8 Å². The van der Waals surface area contributed by atoms with Crippen LogP contribution in [-0.2, 0) is 4.74 Å². The third kappa shape index (κ3) is 1.57. The summed E-state index contributed by atoms with van der Waals surface area (Å²) in [5.74, 6) is -0.268. The van der Waals surface area contributed by atoms with Gasteiger partial charge in [-0.25, -0.2) is 4.39 Å². The first-order valence-electron chi connectivity index (χ1n) is 4.28. The Labute approximate surface area is 76.0 Å². The molecule has 2 rings (SSSR count). The van der Waals surface area contributed by atoms with Crippen LogP contribution in [0.25, 0.3) is 0 Å². The molecule has 0 unspecified atom stereocenters. The smallest absolute Gasteiger partial charge is 0.129 e. The summed E-state index contributed by atoms with van der Waals surface area (Å²) >= 11 is 0. The van der Waals surface area contributed by atoms with E-state index in [9.17, 15) is 4.39 Å². The minimum absolute atomic E-state index is 0.239. The zero-order chi connectivity index (χ0) is 9.42. The normalized spacial score (nSPS) is 28.5. The summed E-state index contributed by atoms with van der Waals surface area (Å²) in [6, 6.07) is 6.48. The zero-order valence-electron chi connectivity index (χ0n) is 7.27. The lowest BCUT2D eigenvalue weighted by Crippen LogP contribution is -2.09. The molecule has 13 heavy (non-hydrogen) atoms. The molecule has 1 aromatic rings. The van der Waals surface area contributed by atoms with E-state index in [4.69, 9.17) is 9.84 Å². The minimum Gasteiger partial charge on any atom is -0.391 e. The van der Waals surface area contributed by atoms with Crippen LogP contribution in [-0.4, -0.2) is 17.3 Å². The van der Waals surface area contributed by atoms with E-state index in [0.717, 1.165) is 0 Å². The van der Waals surface area contributed by atoms with E-state index in [-0.39, 0.29) is 18.0 Å². The maximum absolute atomic E-state index is 13.2. The van der Waals surface area contributed by atoms with Crippen molar-refractivity contribution in [2.45, 2.75) is 25.2 Å². The Balaban J connectivity index is 2.16. The van der Waals surface area contributed by atoms with Gasteiger partial charge in [-0.2, -0.15) is 0 Å². The van der Waals surface area contributed by atoms with Gasteiger partial charge in [-0.1, -0.05) is 18.2 Å². The molecule has 0 amide bonds. The van der Waals surface area contributed by atoms with Gasteiger partial charge in [0.1, 0.15) is 18.0 Å². The monoisotopic (exact) mass is 182 g/mol. The molecule has 1 saturated heterocycles. The average molecular weight is 182 g/mol. The fourth-order valence-electron chi connectivity index (χ4n) is 1.45. The second-order valence-corrected chi connectivity index (χ2v) is 3.28. The van der Waals surface area contributed by atoms with Crippen molar-refractivity contribution in [2.75, 3.05) is 0 Å². The van der Waals surface area contributed by atoms with Gasteiger partial charge in [-0.15, -0.1) is 0 Å². The first-order chi connectivity index (χ1) is 6.20. The highest BCUT2D eigenvalue weighted by Gasteiger charge is 2.44. The molecule has 2 nitrogen and oxygen atoms in total. The molecule has 0 spiro atoms. The minimum atomic E-state index is -0.537. The number of halogens is 1. The Morgan fingerprint density at radius 3 is 2.69 bits per heavy atom. The second kappa shape index (κ2) is 3.09. The Morgan fingerprint density at radius 2 is 2.15 bits per heavy atom. The SMILES string of the molecule is C[C@H](O)[C@@H]1O[C@H]1c1ccccc1F. The van der Waals surface area contributed by atoms with Gasteiger partial charge in [0, 0.05) is 5.56 Å². The second-order valence-electron chi connectivity index (χ2n) is 3.28. The standard InChI is InChI=1S/C10H11FO2/c1-6(12)9-10(13-9)7-4-2-3-5-8(7)11/h2-6,9-10,12H,1H3/t6-,9-,10-/m0/s1. The third-order valence-electron chi connectivity index (χ3n) is 2.21. The number of aliphatic hydroxyl groups is 1. The zero-order valence-corrected chi connectivity index (χ0v) is 7.27. The van der Waals surface area contributed by atoms with Crippen molar-refractivity contribution in [3.05, 3.63) is 35.6 Å². The van der Waals surface area contributed by atoms with Gasteiger partial charge < -0.3 is 9.84 Å². The van der Waals surface area contributed by atoms with Gasteiger partial charge in [0.25, 0.3) is 0 Å². The molecule has 1 aliphatic heterocycles. The van der Waals surface area contributed by atoms with Crippen LogP contribution in [0.3, 0.4) is 0 Å². The molecule has 0 aromatic heterocycles. The number of hydrogen-bond acceptors (Lipinski definition) is 2. The molecule has 1 heterocycles. The maximum atomic E-state index is 13.2. The summed E-state index contributed by atoms with van der Waals surface area (Å²) < 4.78 is 18.3. The molecule has 3 heteroatoms. The first kappa shape index (κ1) is 8.66. The average Bonchev–Trinajstić information content (AvgIpc) is 2.84. The molecule has 70 valence electrons. The number of ether oxygens (including phenoxy) is 1. The first-order valence-corrected chi connectivity index (χ1v) is 4.28. The van der Waals surface area contributed by atoms with Crippen LogP contribution in [0.15, 0.2) is 24.3 Å². The Bertz CT molecular complexity index is 312. The molecule has 1 aliphatic rings. The van der Waals surface area contributed by atoms with Crippen molar-refractivity contribution in [1.82, 2.24) is 0 Å². The van der Waals surface area contributed by atoms with E-state index in [0.29, 0.717) is 5.56 Å². The lowest BCUT2D eigenvalue weighted by Gasteiger charge is -1.99. The lowest BCUT2D eigenvalue weighted by molar-refractivity contribution is 0.152. The molecule has 1 aromatic carbocycles. The van der Waals surface area contributed by atoms with Crippen LogP contribution in [0.2, 0.25) is 0 Å². The van der Waals surface area contributed by atoms with Crippen molar-refractivity contribution >= 4 is 0 Å². The fourth-order valence-corrected chi connectivity index (χ4v) is 1.45. The van der Waals surface area contributed by atoms with E-state index in [1.165, 1.54) is 6.07 Å². The van der Waals surface area contributed by atoms with E-state index in [2.05, 4.69) is 0 Å². The van der Waals surface area contributed by atoms with Gasteiger partial charge >= 0.3 is 0 Å². The van der Waals surface area contributed by atoms with Crippen LogP contribution in [0.5, 0.6) is 0 Å². The summed E-state index contributed by atoms with van der Waals surface area (Å²) in [7, 11) is 0. The number of benzene rings is 1. The van der Waals surface area contributed by atoms with Crippen LogP contribution >= 0.6 is 0 Å². The molecule has 0 radical (unpaired) electrons. The highest BCUT2D eigenvalue weighted by atomic mass is 19.1. The van der Waals surface area contributed by atoms with E-state index in [1.54, 1.807) is 25.1 Å². The largest absolute Gasteiger partial charge is 0.391 e. The number of aliphatic hydroxyl groups excluding tert-OH is 1. The van der Waals surface area contributed by atoms with E-state index in [1.807, 2.05) is 0 Å². The summed E-state index contributed by atoms with van der Waals surface area (Å²) in [4.78, 5) is 0. The number of rotatable bonds is 2. The summed E-state index contributed by atoms with van der Waals surface area (Å²) in [5, 5.41) is 9.17. The van der Waals surface area contributed by atoms with Crippen LogP contribution in [0.4, 0.5) is 4.39 Å². The molecule has 0 aliphatic carbocycles. The van der Waals surface area contributed by atoms with Gasteiger partial charge in [-0.05, 0) is 13.0 Å². The fraction of sp³-hybridized carbons (Fsp3) is 0.400. The molecule has 1 N–H and O–H groups in total. The molecular formula is C10H11FO2. The predicted octanol–water partition coefficient (Wildman–Crippen LogP) is 1.65. The van der Waals surface area contributed by atoms with Gasteiger partial charge in [0.2, 0.25) is 0 Å². The summed E-state index contributed by atoms with van der Waals surface area (Å²) in [5.41, 5.74) is 0.536. The lowest BCUT2D eigenvalue weighted by atomic mass is 10.1. The van der Waals surface area contributed by atoms with Crippen molar-refractivity contribution in [1.29, 1.82) is 0 Å². The predicted molar refractivity (Wildman–Crippen MR) is 45.7 cm³/mol. The third-order valence-corrected chi connectivity index (χ3v) is 2.21. The van der Waals surface area contributed by atoms with Crippen LogP contribution in [0, 0.1) is 5.82 Å². The van der Waals surface area contributed by atoms with Crippen LogP contribution in [0.1, 0.15) is 18.6 Å². The molecular weight excluding hydrogens is 171 g/mol. The van der Waals surface area contributed by atoms with E-state index >= 15 is 0 Å². The van der Waals surface area contributed by atoms with Gasteiger partial charge in [-0.3, -0.25) is 0 Å². The Morgan fingerprint density at radius 1 is 1.46 bits per heavy atom. The number of hydrogen-bond donors (Lipinski definition) is 1. The van der Waals surface area contributed by atoms with Crippen LogP contribution < -0.4 is 0 Å². The van der Waals surface area contributed by atoms with Crippen molar-refractivity contribution < 1.29 is 14.2 Å². The van der Waals surface area contributed by atoms with Crippen molar-refractivity contribution in [3.63, 3.8) is 0 Å². The molecule has 3 atom stereocenters. The van der Waals surface area contributed by atoms with Gasteiger partial charge in [0.15, 0.2) is 0 Å². The maximum Gasteiger partial charge on any atom is 0.129 e. The van der Waals surface area contributed by atoms with Crippen molar-refractivity contribution in [2.24, 2.45) is 0 Å². The summed E-state index contributed by atoms with van der Waals surface area (Å²) in [6.45, 7) is 1.64. The highest BCUT2D eigenvalue weighted by molar-refractivity contribution is 5.24.